The van der Waals surface area contributed by atoms with Gasteiger partial charge < -0.3 is 5.21 Å². The van der Waals surface area contributed by atoms with Gasteiger partial charge in [0.15, 0.2) is 0 Å². The van der Waals surface area contributed by atoms with Crippen LogP contribution in [0, 0.1) is 5.82 Å². The molecule has 1 aromatic heterocycles. The molecule has 0 amide bonds. The molecule has 2 aromatic rings. The molecule has 0 bridgehead atoms. The van der Waals surface area contributed by atoms with E-state index in [1.807, 2.05) is 0 Å². The van der Waals surface area contributed by atoms with Gasteiger partial charge in [0, 0.05) is 5.56 Å². The Kier molecular flexibility index (Phi) is 2.59. The number of fused-ring (bicyclic) bond motifs is 1. The summed E-state index contributed by atoms with van der Waals surface area (Å²) >= 11 is 0. The lowest BCUT2D eigenvalue weighted by molar-refractivity contribution is 0.317. The van der Waals surface area contributed by atoms with Crippen LogP contribution in [0.1, 0.15) is 24.1 Å². The van der Waals surface area contributed by atoms with Crippen LogP contribution in [-0.2, 0) is 6.42 Å². The van der Waals surface area contributed by atoms with Gasteiger partial charge in [0.05, 0.1) is 23.3 Å². The number of hydrogen-bond acceptors (Lipinski definition) is 3. The molecule has 0 saturated heterocycles. The first-order valence-electron chi connectivity index (χ1n) is 5.84. The minimum atomic E-state index is -0.266. The number of hydrogen-bond donors (Lipinski definition) is 1. The summed E-state index contributed by atoms with van der Waals surface area (Å²) in [7, 11) is 0. The molecule has 18 heavy (non-hydrogen) atoms. The maximum Gasteiger partial charge on any atom is 0.123 e. The summed E-state index contributed by atoms with van der Waals surface area (Å²) in [5, 5.41) is 16.6. The average molecular weight is 245 g/mol. The molecule has 0 atom stereocenters. The van der Waals surface area contributed by atoms with E-state index >= 15 is 0 Å². The van der Waals surface area contributed by atoms with Crippen LogP contribution >= 0.6 is 0 Å². The molecule has 1 N–H and O–H groups in total. The number of nitrogens with zero attached hydrogens (tertiary/aromatic N) is 3. The molecule has 1 aromatic carbocycles. The molecule has 0 fully saturated rings. The summed E-state index contributed by atoms with van der Waals surface area (Å²) in [6.07, 6.45) is 4.27. The number of aromatic nitrogens is 2. The first-order chi connectivity index (χ1) is 8.79. The first kappa shape index (κ1) is 11.0. The van der Waals surface area contributed by atoms with Gasteiger partial charge in [-0.25, -0.2) is 9.07 Å². The lowest BCUT2D eigenvalue weighted by Crippen LogP contribution is -2.13. The van der Waals surface area contributed by atoms with Crippen LogP contribution in [0.2, 0.25) is 0 Å². The van der Waals surface area contributed by atoms with Crippen molar-refractivity contribution >= 4 is 5.71 Å². The minimum Gasteiger partial charge on any atom is -0.411 e. The lowest BCUT2D eigenvalue weighted by Gasteiger charge is -2.14. The van der Waals surface area contributed by atoms with Crippen LogP contribution in [0.3, 0.4) is 0 Å². The van der Waals surface area contributed by atoms with Crippen molar-refractivity contribution in [2.75, 3.05) is 0 Å². The third kappa shape index (κ3) is 1.68. The molecule has 1 aliphatic carbocycles. The topological polar surface area (TPSA) is 50.4 Å². The minimum absolute atomic E-state index is 0.266. The van der Waals surface area contributed by atoms with Gasteiger partial charge in [0.25, 0.3) is 0 Å². The molecule has 3 rings (SSSR count). The number of halogens is 1. The van der Waals surface area contributed by atoms with Crippen molar-refractivity contribution in [3.05, 3.63) is 47.5 Å². The Bertz CT molecular complexity index is 601. The number of rotatable bonds is 1. The van der Waals surface area contributed by atoms with Gasteiger partial charge in [0.1, 0.15) is 5.82 Å². The molecule has 1 heterocycles. The van der Waals surface area contributed by atoms with E-state index in [0.717, 1.165) is 36.2 Å². The number of benzene rings is 1. The molecule has 0 saturated carbocycles. The SMILES string of the molecule is ON=C1CCCc2c1cnn2-c1ccc(F)cc1. The van der Waals surface area contributed by atoms with Crippen LogP contribution in [-0.4, -0.2) is 20.7 Å². The van der Waals surface area contributed by atoms with E-state index in [0.29, 0.717) is 5.71 Å². The van der Waals surface area contributed by atoms with Gasteiger partial charge in [-0.2, -0.15) is 5.10 Å². The predicted molar refractivity (Wildman–Crippen MR) is 64.8 cm³/mol. The highest BCUT2D eigenvalue weighted by Gasteiger charge is 2.21. The Hall–Kier alpha value is -2.17. The van der Waals surface area contributed by atoms with Crippen molar-refractivity contribution in [2.24, 2.45) is 5.16 Å². The summed E-state index contributed by atoms with van der Waals surface area (Å²) in [5.74, 6) is -0.266. The van der Waals surface area contributed by atoms with E-state index in [9.17, 15) is 4.39 Å². The van der Waals surface area contributed by atoms with Crippen LogP contribution in [0.15, 0.2) is 35.6 Å². The summed E-state index contributed by atoms with van der Waals surface area (Å²) in [6, 6.07) is 6.19. The molecular formula is C13H12FN3O. The van der Waals surface area contributed by atoms with E-state index in [1.54, 1.807) is 23.0 Å². The zero-order valence-electron chi connectivity index (χ0n) is 9.67. The fourth-order valence-corrected chi connectivity index (χ4v) is 2.32. The summed E-state index contributed by atoms with van der Waals surface area (Å²) in [4.78, 5) is 0. The highest BCUT2D eigenvalue weighted by atomic mass is 19.1. The maximum absolute atomic E-state index is 12.9. The van der Waals surface area contributed by atoms with Crippen molar-refractivity contribution in [2.45, 2.75) is 19.3 Å². The molecule has 92 valence electrons. The fourth-order valence-electron chi connectivity index (χ4n) is 2.32. The summed E-state index contributed by atoms with van der Waals surface area (Å²) in [5.41, 5.74) is 3.38. The Morgan fingerprint density at radius 2 is 2.00 bits per heavy atom. The van der Waals surface area contributed by atoms with Crippen LogP contribution in [0.4, 0.5) is 4.39 Å². The molecule has 0 aliphatic heterocycles. The van der Waals surface area contributed by atoms with E-state index in [4.69, 9.17) is 5.21 Å². The van der Waals surface area contributed by atoms with Gasteiger partial charge >= 0.3 is 0 Å². The highest BCUT2D eigenvalue weighted by Crippen LogP contribution is 2.24. The van der Waals surface area contributed by atoms with E-state index in [1.165, 1.54) is 12.1 Å². The lowest BCUT2D eigenvalue weighted by atomic mass is 9.96. The monoisotopic (exact) mass is 245 g/mol. The quantitative estimate of drug-likeness (QED) is 0.620. The van der Waals surface area contributed by atoms with Gasteiger partial charge in [-0.1, -0.05) is 5.16 Å². The predicted octanol–water partition coefficient (Wildman–Crippen LogP) is 2.53. The third-order valence-electron chi connectivity index (χ3n) is 3.20. The van der Waals surface area contributed by atoms with E-state index in [-0.39, 0.29) is 5.82 Å². The van der Waals surface area contributed by atoms with Gasteiger partial charge in [-0.3, -0.25) is 0 Å². The largest absolute Gasteiger partial charge is 0.411 e. The average Bonchev–Trinajstić information content (AvgIpc) is 2.83. The van der Waals surface area contributed by atoms with Crippen molar-refractivity contribution in [3.63, 3.8) is 0 Å². The molecule has 0 unspecified atom stereocenters. The van der Waals surface area contributed by atoms with E-state index in [2.05, 4.69) is 10.3 Å². The van der Waals surface area contributed by atoms with Crippen molar-refractivity contribution in [3.8, 4) is 5.69 Å². The van der Waals surface area contributed by atoms with Gasteiger partial charge in [-0.15, -0.1) is 0 Å². The molecule has 5 heteroatoms. The zero-order chi connectivity index (χ0) is 12.5. The van der Waals surface area contributed by atoms with Crippen molar-refractivity contribution in [1.29, 1.82) is 0 Å². The van der Waals surface area contributed by atoms with Crippen molar-refractivity contribution in [1.82, 2.24) is 9.78 Å². The molecule has 4 nitrogen and oxygen atoms in total. The summed E-state index contributed by atoms with van der Waals surface area (Å²) in [6.45, 7) is 0. The molecule has 0 spiro atoms. The highest BCUT2D eigenvalue weighted by molar-refractivity contribution is 6.01. The summed E-state index contributed by atoms with van der Waals surface area (Å²) < 4.78 is 14.7. The van der Waals surface area contributed by atoms with Gasteiger partial charge in [-0.05, 0) is 43.5 Å². The molecule has 1 aliphatic rings. The molecule has 0 radical (unpaired) electrons. The standard InChI is InChI=1S/C13H12FN3O/c14-9-4-6-10(7-5-9)17-13-3-1-2-12(16-18)11(13)8-15-17/h4-8,18H,1-3H2. The van der Waals surface area contributed by atoms with E-state index < -0.39 is 0 Å². The molecular weight excluding hydrogens is 233 g/mol. The number of oxime groups is 1. The first-order valence-corrected chi connectivity index (χ1v) is 5.84. The Morgan fingerprint density at radius 1 is 1.22 bits per heavy atom. The Morgan fingerprint density at radius 3 is 2.72 bits per heavy atom. The zero-order valence-corrected chi connectivity index (χ0v) is 9.67. The second-order valence-electron chi connectivity index (χ2n) is 4.29. The second kappa shape index (κ2) is 4.25. The Labute approximate surface area is 103 Å². The fraction of sp³-hybridized carbons (Fsp3) is 0.231. The Balaban J connectivity index is 2.09. The maximum atomic E-state index is 12.9. The normalized spacial score (nSPS) is 16.8. The third-order valence-corrected chi connectivity index (χ3v) is 3.20. The smallest absolute Gasteiger partial charge is 0.123 e. The van der Waals surface area contributed by atoms with Crippen LogP contribution in [0.5, 0.6) is 0 Å². The van der Waals surface area contributed by atoms with Crippen molar-refractivity contribution < 1.29 is 9.60 Å². The van der Waals surface area contributed by atoms with Crippen LogP contribution in [0.25, 0.3) is 5.69 Å². The van der Waals surface area contributed by atoms with Gasteiger partial charge in [0.2, 0.25) is 0 Å². The second-order valence-corrected chi connectivity index (χ2v) is 4.29. The van der Waals surface area contributed by atoms with Crippen LogP contribution < -0.4 is 0 Å².